The van der Waals surface area contributed by atoms with E-state index in [0.29, 0.717) is 0 Å². The standard InChI is InChI=1S/C9H11F2N3O2/c10-9(11)8-4(2-12)5(13)3-14-6(8)1-7(15)16/h3,9H,1-2,12-13H2,(H,15,16). The third-order valence-electron chi connectivity index (χ3n) is 2.08. The van der Waals surface area contributed by atoms with Gasteiger partial charge in [-0.05, 0) is 0 Å². The van der Waals surface area contributed by atoms with E-state index in [1.165, 1.54) is 0 Å². The zero-order chi connectivity index (χ0) is 12.3. The monoisotopic (exact) mass is 231 g/mol. The van der Waals surface area contributed by atoms with Crippen molar-refractivity contribution in [3.05, 3.63) is 23.0 Å². The van der Waals surface area contributed by atoms with Crippen LogP contribution in [0.5, 0.6) is 0 Å². The summed E-state index contributed by atoms with van der Waals surface area (Å²) >= 11 is 0. The number of nitrogens with zero attached hydrogens (tertiary/aromatic N) is 1. The molecule has 0 radical (unpaired) electrons. The van der Waals surface area contributed by atoms with Crippen molar-refractivity contribution < 1.29 is 18.7 Å². The van der Waals surface area contributed by atoms with Crippen LogP contribution in [0.25, 0.3) is 0 Å². The number of hydrogen-bond donors (Lipinski definition) is 3. The molecule has 0 aliphatic heterocycles. The van der Waals surface area contributed by atoms with Gasteiger partial charge in [-0.2, -0.15) is 0 Å². The Labute approximate surface area is 90.1 Å². The lowest BCUT2D eigenvalue weighted by molar-refractivity contribution is -0.136. The van der Waals surface area contributed by atoms with Crippen molar-refractivity contribution in [1.82, 2.24) is 4.98 Å². The molecule has 1 aromatic rings. The number of carboxylic acid groups (broad SMARTS) is 1. The van der Waals surface area contributed by atoms with Crippen molar-refractivity contribution in [3.8, 4) is 0 Å². The fraction of sp³-hybridized carbons (Fsp3) is 0.333. The highest BCUT2D eigenvalue weighted by Gasteiger charge is 2.21. The predicted octanol–water partition coefficient (Wildman–Crippen LogP) is 0.687. The highest BCUT2D eigenvalue weighted by Crippen LogP contribution is 2.29. The van der Waals surface area contributed by atoms with Gasteiger partial charge in [0.25, 0.3) is 6.43 Å². The summed E-state index contributed by atoms with van der Waals surface area (Å²) in [4.78, 5) is 14.1. The molecule has 0 saturated carbocycles. The average molecular weight is 231 g/mol. The van der Waals surface area contributed by atoms with Crippen LogP contribution in [-0.4, -0.2) is 16.1 Å². The first-order chi connectivity index (χ1) is 7.47. The molecule has 16 heavy (non-hydrogen) atoms. The molecule has 0 bridgehead atoms. The molecule has 0 saturated heterocycles. The number of anilines is 1. The van der Waals surface area contributed by atoms with Crippen LogP contribution >= 0.6 is 0 Å². The number of nitrogens with two attached hydrogens (primary N) is 2. The molecule has 88 valence electrons. The number of rotatable bonds is 4. The Kier molecular flexibility index (Phi) is 3.73. The molecule has 0 fully saturated rings. The largest absolute Gasteiger partial charge is 0.481 e. The van der Waals surface area contributed by atoms with Crippen molar-refractivity contribution in [2.24, 2.45) is 5.73 Å². The van der Waals surface area contributed by atoms with Gasteiger partial charge in [-0.15, -0.1) is 0 Å². The Morgan fingerprint density at radius 2 is 2.19 bits per heavy atom. The van der Waals surface area contributed by atoms with Gasteiger partial charge in [-0.25, -0.2) is 8.78 Å². The fourth-order valence-electron chi connectivity index (χ4n) is 1.39. The van der Waals surface area contributed by atoms with Crippen molar-refractivity contribution >= 4 is 11.7 Å². The predicted molar refractivity (Wildman–Crippen MR) is 52.8 cm³/mol. The van der Waals surface area contributed by atoms with Gasteiger partial charge in [0.2, 0.25) is 0 Å². The van der Waals surface area contributed by atoms with Crippen molar-refractivity contribution in [2.75, 3.05) is 5.73 Å². The second kappa shape index (κ2) is 4.84. The van der Waals surface area contributed by atoms with Crippen LogP contribution in [0, 0.1) is 0 Å². The van der Waals surface area contributed by atoms with E-state index in [0.717, 1.165) is 6.20 Å². The van der Waals surface area contributed by atoms with Crippen LogP contribution in [-0.2, 0) is 17.8 Å². The summed E-state index contributed by atoms with van der Waals surface area (Å²) in [6, 6.07) is 0. The zero-order valence-electron chi connectivity index (χ0n) is 8.28. The molecule has 5 N–H and O–H groups in total. The van der Waals surface area contributed by atoms with Crippen molar-refractivity contribution in [3.63, 3.8) is 0 Å². The lowest BCUT2D eigenvalue weighted by atomic mass is 10.0. The van der Waals surface area contributed by atoms with E-state index in [1.807, 2.05) is 0 Å². The SMILES string of the molecule is NCc1c(N)cnc(CC(=O)O)c1C(F)F. The second-order valence-corrected chi connectivity index (χ2v) is 3.13. The molecule has 0 aliphatic rings. The Morgan fingerprint density at radius 1 is 1.56 bits per heavy atom. The van der Waals surface area contributed by atoms with E-state index in [9.17, 15) is 13.6 Å². The summed E-state index contributed by atoms with van der Waals surface area (Å²) in [5.41, 5.74) is 10.2. The number of pyridine rings is 1. The van der Waals surface area contributed by atoms with E-state index in [-0.39, 0.29) is 23.5 Å². The number of aromatic nitrogens is 1. The molecule has 0 unspecified atom stereocenters. The fourth-order valence-corrected chi connectivity index (χ4v) is 1.39. The van der Waals surface area contributed by atoms with E-state index in [2.05, 4.69) is 4.98 Å². The van der Waals surface area contributed by atoms with E-state index < -0.39 is 24.4 Å². The summed E-state index contributed by atoms with van der Waals surface area (Å²) in [6.07, 6.45) is -2.27. The van der Waals surface area contributed by atoms with Crippen LogP contribution in [0.4, 0.5) is 14.5 Å². The van der Waals surface area contributed by atoms with Crippen LogP contribution in [0.3, 0.4) is 0 Å². The summed E-state index contributed by atoms with van der Waals surface area (Å²) in [7, 11) is 0. The van der Waals surface area contributed by atoms with E-state index in [4.69, 9.17) is 16.6 Å². The first-order valence-corrected chi connectivity index (χ1v) is 4.43. The van der Waals surface area contributed by atoms with Gasteiger partial charge in [0, 0.05) is 17.7 Å². The van der Waals surface area contributed by atoms with Gasteiger partial charge >= 0.3 is 5.97 Å². The number of alkyl halides is 2. The Balaban J connectivity index is 3.32. The molecule has 7 heteroatoms. The lowest BCUT2D eigenvalue weighted by Gasteiger charge is -2.13. The molecule has 0 spiro atoms. The maximum atomic E-state index is 12.8. The molecule has 5 nitrogen and oxygen atoms in total. The molecule has 0 aromatic carbocycles. The van der Waals surface area contributed by atoms with Crippen molar-refractivity contribution in [1.29, 1.82) is 0 Å². The van der Waals surface area contributed by atoms with Crippen LogP contribution in [0.1, 0.15) is 23.2 Å². The smallest absolute Gasteiger partial charge is 0.309 e. The van der Waals surface area contributed by atoms with Gasteiger partial charge in [-0.3, -0.25) is 9.78 Å². The van der Waals surface area contributed by atoms with E-state index >= 15 is 0 Å². The number of carboxylic acids is 1. The normalized spacial score (nSPS) is 10.8. The first kappa shape index (κ1) is 12.3. The van der Waals surface area contributed by atoms with E-state index in [1.54, 1.807) is 0 Å². The van der Waals surface area contributed by atoms with Gasteiger partial charge < -0.3 is 16.6 Å². The van der Waals surface area contributed by atoms with Crippen LogP contribution < -0.4 is 11.5 Å². The summed E-state index contributed by atoms with van der Waals surface area (Å²) in [5, 5.41) is 8.56. The summed E-state index contributed by atoms with van der Waals surface area (Å²) in [6.45, 7) is -0.180. The van der Waals surface area contributed by atoms with Gasteiger partial charge in [0.15, 0.2) is 0 Å². The maximum absolute atomic E-state index is 12.8. The molecule has 0 atom stereocenters. The zero-order valence-corrected chi connectivity index (χ0v) is 8.28. The molecule has 0 amide bonds. The Hall–Kier alpha value is -1.76. The minimum atomic E-state index is -2.84. The third-order valence-corrected chi connectivity index (χ3v) is 2.08. The summed E-state index contributed by atoms with van der Waals surface area (Å²) < 4.78 is 25.5. The number of nitrogen functional groups attached to an aromatic ring is 1. The molecule has 1 heterocycles. The van der Waals surface area contributed by atoms with Crippen LogP contribution in [0.15, 0.2) is 6.20 Å². The number of halogens is 2. The van der Waals surface area contributed by atoms with Gasteiger partial charge in [-0.1, -0.05) is 0 Å². The Bertz CT molecular complexity index is 410. The third kappa shape index (κ3) is 2.43. The van der Waals surface area contributed by atoms with Gasteiger partial charge in [0.05, 0.1) is 24.0 Å². The molecule has 0 aliphatic carbocycles. The molecular formula is C9H11F2N3O2. The topological polar surface area (TPSA) is 102 Å². The first-order valence-electron chi connectivity index (χ1n) is 4.43. The second-order valence-electron chi connectivity index (χ2n) is 3.13. The Morgan fingerprint density at radius 3 is 2.62 bits per heavy atom. The van der Waals surface area contributed by atoms with Gasteiger partial charge in [0.1, 0.15) is 0 Å². The molecular weight excluding hydrogens is 220 g/mol. The maximum Gasteiger partial charge on any atom is 0.309 e. The van der Waals surface area contributed by atoms with Crippen LogP contribution in [0.2, 0.25) is 0 Å². The number of aliphatic carboxylic acids is 1. The van der Waals surface area contributed by atoms with Crippen molar-refractivity contribution in [2.45, 2.75) is 19.4 Å². The lowest BCUT2D eigenvalue weighted by Crippen LogP contribution is -2.13. The number of hydrogen-bond acceptors (Lipinski definition) is 4. The molecule has 1 rings (SSSR count). The quantitative estimate of drug-likeness (QED) is 0.707. The average Bonchev–Trinajstić information content (AvgIpc) is 2.18. The highest BCUT2D eigenvalue weighted by molar-refractivity contribution is 5.70. The highest BCUT2D eigenvalue weighted by atomic mass is 19.3. The summed E-state index contributed by atoms with van der Waals surface area (Å²) in [5.74, 6) is -1.23. The minimum Gasteiger partial charge on any atom is -0.481 e. The number of carbonyl (C=O) groups is 1. The minimum absolute atomic E-state index is 0.0481. The molecule has 1 aromatic heterocycles.